The molecule has 1 aliphatic heterocycles. The summed E-state index contributed by atoms with van der Waals surface area (Å²) in [4.78, 5) is 17.0. The molecule has 4 nitrogen and oxygen atoms in total. The highest BCUT2D eigenvalue weighted by Crippen LogP contribution is 2.58. The molecule has 1 aromatic heterocycles. The predicted molar refractivity (Wildman–Crippen MR) is 104 cm³/mol. The quantitative estimate of drug-likeness (QED) is 0.765. The number of anilines is 1. The fourth-order valence-corrected chi connectivity index (χ4v) is 4.62. The van der Waals surface area contributed by atoms with Crippen LogP contribution < -0.4 is 10.6 Å². The first kappa shape index (κ1) is 17.9. The monoisotopic (exact) mass is 427 g/mol. The van der Waals surface area contributed by atoms with Crippen LogP contribution in [0, 0.1) is 11.3 Å². The maximum atomic E-state index is 12.5. The van der Waals surface area contributed by atoms with Crippen LogP contribution >= 0.6 is 39.7 Å². The third kappa shape index (κ3) is 3.52. The molecule has 128 valence electrons. The number of thiazole rings is 1. The molecule has 0 radical (unpaired) electrons. The van der Waals surface area contributed by atoms with Gasteiger partial charge in [0, 0.05) is 21.3 Å². The van der Waals surface area contributed by atoms with Crippen molar-refractivity contribution in [3.63, 3.8) is 0 Å². The molecule has 1 spiro atoms. The summed E-state index contributed by atoms with van der Waals surface area (Å²) in [5, 5.41) is 9.07. The Morgan fingerprint density at radius 2 is 2.17 bits per heavy atom. The zero-order valence-electron chi connectivity index (χ0n) is 13.0. The van der Waals surface area contributed by atoms with Crippen LogP contribution in [0.4, 0.5) is 5.13 Å². The molecule has 2 heterocycles. The predicted octanol–water partition coefficient (Wildman–Crippen LogP) is 4.32. The van der Waals surface area contributed by atoms with Gasteiger partial charge < -0.3 is 10.6 Å². The number of piperidine rings is 1. The van der Waals surface area contributed by atoms with E-state index in [-0.39, 0.29) is 29.6 Å². The first-order valence-electron chi connectivity index (χ1n) is 7.89. The van der Waals surface area contributed by atoms with Crippen molar-refractivity contribution >= 4 is 50.7 Å². The van der Waals surface area contributed by atoms with Crippen LogP contribution in [0.1, 0.15) is 19.3 Å². The summed E-state index contributed by atoms with van der Waals surface area (Å²) in [5.41, 5.74) is 2.22. The van der Waals surface area contributed by atoms with E-state index in [9.17, 15) is 4.79 Å². The van der Waals surface area contributed by atoms with Crippen LogP contribution in [0.3, 0.4) is 0 Å². The van der Waals surface area contributed by atoms with E-state index < -0.39 is 0 Å². The fraction of sp³-hybridized carbons (Fsp3) is 0.412. The van der Waals surface area contributed by atoms with Gasteiger partial charge in [-0.05, 0) is 49.9 Å². The van der Waals surface area contributed by atoms with Gasteiger partial charge in [-0.3, -0.25) is 4.79 Å². The minimum Gasteiger partial charge on any atom is -0.317 e. The Morgan fingerprint density at radius 3 is 2.92 bits per heavy atom. The molecule has 1 saturated carbocycles. The second-order valence-electron chi connectivity index (χ2n) is 6.41. The van der Waals surface area contributed by atoms with Gasteiger partial charge >= 0.3 is 0 Å². The highest BCUT2D eigenvalue weighted by molar-refractivity contribution is 9.10. The van der Waals surface area contributed by atoms with Crippen LogP contribution in [0.25, 0.3) is 11.3 Å². The summed E-state index contributed by atoms with van der Waals surface area (Å²) in [6, 6.07) is 8.04. The molecule has 1 atom stereocenters. The number of amides is 1. The van der Waals surface area contributed by atoms with Gasteiger partial charge in [0.25, 0.3) is 0 Å². The normalized spacial score (nSPS) is 21.1. The van der Waals surface area contributed by atoms with Crippen molar-refractivity contribution in [1.29, 1.82) is 0 Å². The molecular formula is C17H19BrClN3OS. The van der Waals surface area contributed by atoms with Gasteiger partial charge in [0.1, 0.15) is 0 Å². The highest BCUT2D eigenvalue weighted by Gasteiger charge is 2.57. The smallest absolute Gasteiger partial charge is 0.229 e. The number of halogens is 2. The summed E-state index contributed by atoms with van der Waals surface area (Å²) in [7, 11) is 0. The number of nitrogens with zero attached hydrogens (tertiary/aromatic N) is 1. The number of nitrogens with one attached hydrogen (secondary N) is 2. The van der Waals surface area contributed by atoms with Crippen LogP contribution in [-0.2, 0) is 4.79 Å². The van der Waals surface area contributed by atoms with E-state index in [1.54, 1.807) is 0 Å². The lowest BCUT2D eigenvalue weighted by molar-refractivity contribution is -0.118. The average Bonchev–Trinajstić information content (AvgIpc) is 3.04. The Morgan fingerprint density at radius 1 is 1.38 bits per heavy atom. The Bertz CT molecular complexity index is 745. The Labute approximate surface area is 160 Å². The van der Waals surface area contributed by atoms with E-state index in [0.717, 1.165) is 48.1 Å². The second kappa shape index (κ2) is 7.12. The van der Waals surface area contributed by atoms with E-state index >= 15 is 0 Å². The number of carbonyl (C=O) groups is 1. The van der Waals surface area contributed by atoms with Crippen molar-refractivity contribution in [3.05, 3.63) is 34.1 Å². The van der Waals surface area contributed by atoms with E-state index in [1.165, 1.54) is 11.3 Å². The van der Waals surface area contributed by atoms with Crippen molar-refractivity contribution in [2.45, 2.75) is 19.3 Å². The van der Waals surface area contributed by atoms with Gasteiger partial charge in [-0.2, -0.15) is 0 Å². The molecule has 7 heteroatoms. The zero-order chi connectivity index (χ0) is 15.9. The minimum absolute atomic E-state index is 0. The number of rotatable bonds is 3. The molecule has 1 saturated heterocycles. The summed E-state index contributed by atoms with van der Waals surface area (Å²) < 4.78 is 1.03. The molecule has 2 N–H and O–H groups in total. The van der Waals surface area contributed by atoms with Gasteiger partial charge in [-0.15, -0.1) is 23.7 Å². The standard InChI is InChI=1S/C17H18BrN3OS.ClH/c18-12-3-1-2-11(8-12)14-10-23-16(20-14)21-15(22)13-9-17(13)4-6-19-7-5-17;/h1-3,8,10,13,19H,4-7,9H2,(H,20,21,22);1H. The average molecular weight is 429 g/mol. The number of benzene rings is 1. The third-order valence-corrected chi connectivity index (χ3v) is 6.21. The molecule has 4 rings (SSSR count). The summed E-state index contributed by atoms with van der Waals surface area (Å²) in [5.74, 6) is 0.310. The van der Waals surface area contributed by atoms with Crippen LogP contribution in [0.2, 0.25) is 0 Å². The van der Waals surface area contributed by atoms with Crippen molar-refractivity contribution in [3.8, 4) is 11.3 Å². The Hall–Kier alpha value is -0.950. The molecular weight excluding hydrogens is 410 g/mol. The maximum absolute atomic E-state index is 12.5. The third-order valence-electron chi connectivity index (χ3n) is 4.96. The number of hydrogen-bond donors (Lipinski definition) is 2. The molecule has 1 unspecified atom stereocenters. The highest BCUT2D eigenvalue weighted by atomic mass is 79.9. The molecule has 24 heavy (non-hydrogen) atoms. The summed E-state index contributed by atoms with van der Waals surface area (Å²) >= 11 is 4.96. The first-order chi connectivity index (χ1) is 11.2. The van der Waals surface area contributed by atoms with Crippen LogP contribution in [-0.4, -0.2) is 24.0 Å². The number of hydrogen-bond acceptors (Lipinski definition) is 4. The van der Waals surface area contributed by atoms with E-state index in [0.29, 0.717) is 5.13 Å². The largest absolute Gasteiger partial charge is 0.317 e. The van der Waals surface area contributed by atoms with Crippen LogP contribution in [0.15, 0.2) is 34.1 Å². The van der Waals surface area contributed by atoms with Gasteiger partial charge in [0.05, 0.1) is 5.69 Å². The molecule has 1 amide bonds. The number of aromatic nitrogens is 1. The minimum atomic E-state index is 0. The van der Waals surface area contributed by atoms with Crippen molar-refractivity contribution in [1.82, 2.24) is 10.3 Å². The van der Waals surface area contributed by atoms with Crippen molar-refractivity contribution < 1.29 is 4.79 Å². The molecule has 2 aliphatic rings. The molecule has 2 fully saturated rings. The molecule has 0 bridgehead atoms. The SMILES string of the molecule is Cl.O=C(Nc1nc(-c2cccc(Br)c2)cs1)C1CC12CCNCC2. The Kier molecular flexibility index (Phi) is 5.30. The van der Waals surface area contributed by atoms with Gasteiger partial charge in [-0.1, -0.05) is 28.1 Å². The molecule has 1 aliphatic carbocycles. The fourth-order valence-electron chi connectivity index (χ4n) is 3.50. The molecule has 1 aromatic carbocycles. The Balaban J connectivity index is 0.00000169. The second-order valence-corrected chi connectivity index (χ2v) is 8.18. The summed E-state index contributed by atoms with van der Waals surface area (Å²) in [6.07, 6.45) is 3.27. The maximum Gasteiger partial charge on any atom is 0.229 e. The van der Waals surface area contributed by atoms with Crippen molar-refractivity contribution in [2.24, 2.45) is 11.3 Å². The molecule has 2 aromatic rings. The van der Waals surface area contributed by atoms with Crippen LogP contribution in [0.5, 0.6) is 0 Å². The first-order valence-corrected chi connectivity index (χ1v) is 9.57. The topological polar surface area (TPSA) is 54.0 Å². The van der Waals surface area contributed by atoms with Gasteiger partial charge in [0.2, 0.25) is 5.91 Å². The van der Waals surface area contributed by atoms with E-state index in [1.807, 2.05) is 29.6 Å². The zero-order valence-corrected chi connectivity index (χ0v) is 16.3. The van der Waals surface area contributed by atoms with E-state index in [4.69, 9.17) is 0 Å². The van der Waals surface area contributed by atoms with Gasteiger partial charge in [0.15, 0.2) is 5.13 Å². The lowest BCUT2D eigenvalue weighted by atomic mass is 9.92. The van der Waals surface area contributed by atoms with E-state index in [2.05, 4.69) is 31.5 Å². The number of carbonyl (C=O) groups excluding carboxylic acids is 1. The lowest BCUT2D eigenvalue weighted by Gasteiger charge is -2.22. The van der Waals surface area contributed by atoms with Crippen molar-refractivity contribution in [2.75, 3.05) is 18.4 Å². The summed E-state index contributed by atoms with van der Waals surface area (Å²) in [6.45, 7) is 2.07. The lowest BCUT2D eigenvalue weighted by Crippen LogP contribution is -2.31. The van der Waals surface area contributed by atoms with Gasteiger partial charge in [-0.25, -0.2) is 4.98 Å².